The van der Waals surface area contributed by atoms with E-state index in [0.29, 0.717) is 6.54 Å². The average molecular weight is 264 g/mol. The van der Waals surface area contributed by atoms with Crippen molar-refractivity contribution >= 4 is 17.3 Å². The zero-order valence-corrected chi connectivity index (χ0v) is 10.1. The number of hydrogen-bond acceptors (Lipinski definition) is 4. The zero-order chi connectivity index (χ0) is 13.0. The molecule has 0 aliphatic carbocycles. The fraction of sp³-hybridized carbons (Fsp3) is 0.182. The first-order chi connectivity index (χ1) is 8.72. The maximum absolute atomic E-state index is 12.0. The molecule has 2 rings (SSSR count). The standard InChI is InChI=1S/C11H10ClN5O/c1-2-3-17-11(18)10(9(12)6-16-17)14-5-8-4-13-7-15-8/h1,4,6-7,14H,3,5H2,(H,13,15). The quantitative estimate of drug-likeness (QED) is 0.803. The molecule has 2 aromatic heterocycles. The molecule has 0 amide bonds. The lowest BCUT2D eigenvalue weighted by Gasteiger charge is -2.08. The van der Waals surface area contributed by atoms with Gasteiger partial charge in [-0.1, -0.05) is 17.5 Å². The van der Waals surface area contributed by atoms with Crippen LogP contribution in [0.4, 0.5) is 5.69 Å². The van der Waals surface area contributed by atoms with Crippen molar-refractivity contribution in [2.24, 2.45) is 0 Å². The summed E-state index contributed by atoms with van der Waals surface area (Å²) in [6, 6.07) is 0. The second kappa shape index (κ2) is 5.38. The predicted octanol–water partition coefficient (Wildman–Crippen LogP) is 0.865. The van der Waals surface area contributed by atoms with E-state index in [0.717, 1.165) is 5.69 Å². The van der Waals surface area contributed by atoms with Crippen molar-refractivity contribution in [2.75, 3.05) is 5.32 Å². The van der Waals surface area contributed by atoms with Crippen LogP contribution in [0.15, 0.2) is 23.5 Å². The highest BCUT2D eigenvalue weighted by Gasteiger charge is 2.09. The summed E-state index contributed by atoms with van der Waals surface area (Å²) in [5.41, 5.74) is 0.766. The predicted molar refractivity (Wildman–Crippen MR) is 68.3 cm³/mol. The van der Waals surface area contributed by atoms with Gasteiger partial charge in [-0.15, -0.1) is 6.42 Å². The summed E-state index contributed by atoms with van der Waals surface area (Å²) in [4.78, 5) is 18.8. The summed E-state index contributed by atoms with van der Waals surface area (Å²) in [6.45, 7) is 0.518. The van der Waals surface area contributed by atoms with Crippen molar-refractivity contribution in [3.63, 3.8) is 0 Å². The van der Waals surface area contributed by atoms with Crippen molar-refractivity contribution in [3.8, 4) is 12.3 Å². The van der Waals surface area contributed by atoms with Gasteiger partial charge in [-0.3, -0.25) is 4.79 Å². The number of anilines is 1. The van der Waals surface area contributed by atoms with Crippen LogP contribution in [0.5, 0.6) is 0 Å². The largest absolute Gasteiger partial charge is 0.374 e. The lowest BCUT2D eigenvalue weighted by molar-refractivity contribution is 0.664. The Balaban J connectivity index is 2.24. The Labute approximate surface area is 108 Å². The van der Waals surface area contributed by atoms with Crippen molar-refractivity contribution in [1.29, 1.82) is 0 Å². The van der Waals surface area contributed by atoms with Crippen LogP contribution in [0.25, 0.3) is 0 Å². The number of rotatable bonds is 4. The first-order valence-electron chi connectivity index (χ1n) is 5.12. The molecule has 0 aromatic carbocycles. The summed E-state index contributed by atoms with van der Waals surface area (Å²) in [5, 5.41) is 7.04. The van der Waals surface area contributed by atoms with E-state index in [9.17, 15) is 4.79 Å². The van der Waals surface area contributed by atoms with Gasteiger partial charge in [0.1, 0.15) is 12.2 Å². The van der Waals surface area contributed by atoms with Gasteiger partial charge in [0.05, 0.1) is 29.8 Å². The highest BCUT2D eigenvalue weighted by atomic mass is 35.5. The number of H-pyrrole nitrogens is 1. The molecule has 2 heterocycles. The third kappa shape index (κ3) is 2.52. The zero-order valence-electron chi connectivity index (χ0n) is 9.35. The van der Waals surface area contributed by atoms with E-state index in [2.05, 4.69) is 26.3 Å². The Morgan fingerprint density at radius 1 is 1.56 bits per heavy atom. The molecule has 0 spiro atoms. The monoisotopic (exact) mass is 263 g/mol. The Kier molecular flexibility index (Phi) is 3.65. The lowest BCUT2D eigenvalue weighted by atomic mass is 10.4. The normalized spacial score (nSPS) is 10.0. The third-order valence-electron chi connectivity index (χ3n) is 2.25. The van der Waals surface area contributed by atoms with E-state index in [-0.39, 0.29) is 22.8 Å². The Morgan fingerprint density at radius 2 is 2.39 bits per heavy atom. The van der Waals surface area contributed by atoms with Crippen molar-refractivity contribution in [2.45, 2.75) is 13.1 Å². The van der Waals surface area contributed by atoms with Gasteiger partial charge in [-0.2, -0.15) is 5.10 Å². The highest BCUT2D eigenvalue weighted by Crippen LogP contribution is 2.15. The minimum atomic E-state index is -0.347. The Bertz CT molecular complexity index is 626. The minimum absolute atomic E-state index is 0.106. The molecule has 0 saturated carbocycles. The van der Waals surface area contributed by atoms with Crippen LogP contribution >= 0.6 is 11.6 Å². The molecule has 0 radical (unpaired) electrons. The number of terminal acetylenes is 1. The maximum Gasteiger partial charge on any atom is 0.292 e. The average Bonchev–Trinajstić information content (AvgIpc) is 2.86. The minimum Gasteiger partial charge on any atom is -0.374 e. The van der Waals surface area contributed by atoms with Crippen LogP contribution in [0, 0.1) is 12.3 Å². The number of aromatic nitrogens is 4. The van der Waals surface area contributed by atoms with Crippen LogP contribution in [-0.4, -0.2) is 19.7 Å². The number of hydrogen-bond donors (Lipinski definition) is 2. The maximum atomic E-state index is 12.0. The van der Waals surface area contributed by atoms with Gasteiger partial charge >= 0.3 is 0 Å². The van der Waals surface area contributed by atoms with E-state index in [4.69, 9.17) is 18.0 Å². The Morgan fingerprint density at radius 3 is 3.06 bits per heavy atom. The molecule has 0 aliphatic heterocycles. The summed E-state index contributed by atoms with van der Waals surface area (Å²) in [6.07, 6.45) is 9.75. The van der Waals surface area contributed by atoms with Crippen LogP contribution in [0.3, 0.4) is 0 Å². The third-order valence-corrected chi connectivity index (χ3v) is 2.54. The molecule has 0 atom stereocenters. The first-order valence-corrected chi connectivity index (χ1v) is 5.50. The van der Waals surface area contributed by atoms with E-state index in [1.165, 1.54) is 10.9 Å². The number of nitrogens with zero attached hydrogens (tertiary/aromatic N) is 3. The molecule has 92 valence electrons. The second-order valence-electron chi connectivity index (χ2n) is 3.46. The molecule has 6 nitrogen and oxygen atoms in total. The number of imidazole rings is 1. The van der Waals surface area contributed by atoms with Crippen LogP contribution < -0.4 is 10.9 Å². The van der Waals surface area contributed by atoms with Crippen molar-refractivity contribution in [3.05, 3.63) is 39.8 Å². The van der Waals surface area contributed by atoms with Crippen LogP contribution in [0.1, 0.15) is 5.69 Å². The fourth-order valence-electron chi connectivity index (χ4n) is 1.39. The molecule has 18 heavy (non-hydrogen) atoms. The van der Waals surface area contributed by atoms with Gasteiger partial charge in [0.25, 0.3) is 5.56 Å². The SMILES string of the molecule is C#CCn1ncc(Cl)c(NCc2cnc[nH]2)c1=O. The van der Waals surface area contributed by atoms with Gasteiger partial charge in [-0.05, 0) is 0 Å². The lowest BCUT2D eigenvalue weighted by Crippen LogP contribution is -2.25. The molecular weight excluding hydrogens is 254 g/mol. The smallest absolute Gasteiger partial charge is 0.292 e. The van der Waals surface area contributed by atoms with E-state index in [1.54, 1.807) is 12.5 Å². The second-order valence-corrected chi connectivity index (χ2v) is 3.87. The fourth-order valence-corrected chi connectivity index (χ4v) is 1.58. The summed E-state index contributed by atoms with van der Waals surface area (Å²) in [7, 11) is 0. The van der Waals surface area contributed by atoms with Crippen LogP contribution in [-0.2, 0) is 13.1 Å². The van der Waals surface area contributed by atoms with E-state index >= 15 is 0 Å². The van der Waals surface area contributed by atoms with Gasteiger partial charge in [0.15, 0.2) is 0 Å². The first kappa shape index (κ1) is 12.2. The molecule has 0 fully saturated rings. The van der Waals surface area contributed by atoms with Gasteiger partial charge in [0, 0.05) is 6.20 Å². The molecule has 2 aromatic rings. The summed E-state index contributed by atoms with van der Waals surface area (Å²) < 4.78 is 1.17. The molecule has 0 saturated heterocycles. The summed E-state index contributed by atoms with van der Waals surface area (Å²) in [5.74, 6) is 2.35. The van der Waals surface area contributed by atoms with E-state index in [1.807, 2.05) is 0 Å². The van der Waals surface area contributed by atoms with Crippen molar-refractivity contribution in [1.82, 2.24) is 19.7 Å². The molecular formula is C11H10ClN5O. The molecule has 7 heteroatoms. The number of nitrogens with one attached hydrogen (secondary N) is 2. The highest BCUT2D eigenvalue weighted by molar-refractivity contribution is 6.32. The molecule has 0 aliphatic rings. The van der Waals surface area contributed by atoms with Gasteiger partial charge in [0.2, 0.25) is 0 Å². The van der Waals surface area contributed by atoms with Crippen molar-refractivity contribution < 1.29 is 0 Å². The number of aromatic amines is 1. The summed E-state index contributed by atoms with van der Waals surface area (Å²) >= 11 is 5.93. The molecule has 0 bridgehead atoms. The van der Waals surface area contributed by atoms with Gasteiger partial charge < -0.3 is 10.3 Å². The topological polar surface area (TPSA) is 75.6 Å². The Hall–Kier alpha value is -2.26. The van der Waals surface area contributed by atoms with Crippen LogP contribution in [0.2, 0.25) is 5.02 Å². The van der Waals surface area contributed by atoms with E-state index < -0.39 is 0 Å². The molecule has 2 N–H and O–H groups in total. The van der Waals surface area contributed by atoms with Gasteiger partial charge in [-0.25, -0.2) is 9.67 Å². The molecule has 0 unspecified atom stereocenters. The number of halogens is 1.